The fourth-order valence-corrected chi connectivity index (χ4v) is 5.57. The van der Waals surface area contributed by atoms with Crippen molar-refractivity contribution in [1.29, 1.82) is 0 Å². The summed E-state index contributed by atoms with van der Waals surface area (Å²) in [5.41, 5.74) is -0.187. The summed E-state index contributed by atoms with van der Waals surface area (Å²) in [6.07, 6.45) is 1.44. The number of carboxylic acid groups (broad SMARTS) is 1. The number of ether oxygens (including phenoxy) is 3. The first kappa shape index (κ1) is 34.9. The van der Waals surface area contributed by atoms with Gasteiger partial charge in [0.1, 0.15) is 28.8 Å². The minimum Gasteiger partial charge on any atom is -0.481 e. The van der Waals surface area contributed by atoms with E-state index in [2.05, 4.69) is 34.1 Å². The fourth-order valence-electron chi connectivity index (χ4n) is 4.82. The van der Waals surface area contributed by atoms with Crippen molar-refractivity contribution in [3.05, 3.63) is 76.7 Å². The SMILES string of the molecule is C#CCN1C(=O)COc2cc(F)c(/N=c3\snc4n3CC(C)(C)C4)cc21.CC(Oc1ccc(Oc2ccc(C(F)(F)F)cn2)cc1)C(=O)O. The summed E-state index contributed by atoms with van der Waals surface area (Å²) in [5.74, 6) is 2.48. The second kappa shape index (κ2) is 14.0. The van der Waals surface area contributed by atoms with Crippen molar-refractivity contribution < 1.29 is 46.5 Å². The van der Waals surface area contributed by atoms with Gasteiger partial charge in [0.25, 0.3) is 5.91 Å². The molecule has 0 radical (unpaired) electrons. The summed E-state index contributed by atoms with van der Waals surface area (Å²) >= 11 is 1.24. The third-order valence-electron chi connectivity index (χ3n) is 7.21. The van der Waals surface area contributed by atoms with E-state index in [9.17, 15) is 27.2 Å². The summed E-state index contributed by atoms with van der Waals surface area (Å²) in [5, 5.41) is 8.73. The highest BCUT2D eigenvalue weighted by molar-refractivity contribution is 7.02. The smallest absolute Gasteiger partial charge is 0.417 e. The number of carboxylic acids is 1. The molecule has 1 amide bonds. The molecule has 1 unspecified atom stereocenters. The molecule has 2 aromatic heterocycles. The van der Waals surface area contributed by atoms with E-state index in [1.807, 2.05) is 4.57 Å². The van der Waals surface area contributed by atoms with Crippen LogP contribution in [0.2, 0.25) is 0 Å². The van der Waals surface area contributed by atoms with E-state index in [0.717, 1.165) is 30.9 Å². The Bertz CT molecular complexity index is 1970. The van der Waals surface area contributed by atoms with Crippen molar-refractivity contribution in [3.63, 3.8) is 0 Å². The van der Waals surface area contributed by atoms with Crippen LogP contribution in [0.5, 0.6) is 23.1 Å². The number of alkyl halides is 3. The molecule has 4 heterocycles. The molecule has 1 atom stereocenters. The van der Waals surface area contributed by atoms with E-state index in [-0.39, 0.29) is 36.0 Å². The molecule has 4 aromatic rings. The quantitative estimate of drug-likeness (QED) is 0.184. The third kappa shape index (κ3) is 8.36. The maximum atomic E-state index is 14.5. The Kier molecular flexibility index (Phi) is 9.95. The number of amides is 1. The minimum absolute atomic E-state index is 0.00516. The minimum atomic E-state index is -4.45. The predicted molar refractivity (Wildman–Crippen MR) is 169 cm³/mol. The monoisotopic (exact) mass is 699 g/mol. The van der Waals surface area contributed by atoms with Crippen LogP contribution in [0.15, 0.2) is 59.7 Å². The molecule has 0 bridgehead atoms. The Morgan fingerprint density at radius 3 is 2.55 bits per heavy atom. The molecule has 11 nitrogen and oxygen atoms in total. The first-order valence-electron chi connectivity index (χ1n) is 14.6. The van der Waals surface area contributed by atoms with Crippen molar-refractivity contribution in [3.8, 4) is 35.5 Å². The second-order valence-corrected chi connectivity index (χ2v) is 12.4. The number of aromatic nitrogens is 3. The highest BCUT2D eigenvalue weighted by Gasteiger charge is 2.32. The number of rotatable bonds is 7. The van der Waals surface area contributed by atoms with Gasteiger partial charge in [-0.15, -0.1) is 6.42 Å². The highest BCUT2D eigenvalue weighted by Crippen LogP contribution is 2.38. The van der Waals surface area contributed by atoms with Crippen molar-refractivity contribution in [2.24, 2.45) is 10.4 Å². The number of nitrogens with zero attached hydrogens (tertiary/aromatic N) is 5. The molecule has 6 rings (SSSR count). The molecule has 1 N–H and O–H groups in total. The number of fused-ring (bicyclic) bond motifs is 2. The summed E-state index contributed by atoms with van der Waals surface area (Å²) < 4.78 is 74.0. The van der Waals surface area contributed by atoms with Crippen molar-refractivity contribution in [1.82, 2.24) is 13.9 Å². The van der Waals surface area contributed by atoms with Gasteiger partial charge in [-0.1, -0.05) is 19.8 Å². The summed E-state index contributed by atoms with van der Waals surface area (Å²) in [6, 6.07) is 10.7. The zero-order valence-electron chi connectivity index (χ0n) is 26.3. The molecule has 0 saturated heterocycles. The highest BCUT2D eigenvalue weighted by atomic mass is 32.1. The molecule has 49 heavy (non-hydrogen) atoms. The molecular formula is C33H29F4N5O6S. The van der Waals surface area contributed by atoms with Crippen molar-refractivity contribution >= 4 is 34.8 Å². The van der Waals surface area contributed by atoms with Gasteiger partial charge in [0, 0.05) is 42.8 Å². The number of hydrogen-bond acceptors (Lipinski definition) is 9. The Balaban J connectivity index is 0.000000193. The van der Waals surface area contributed by atoms with Crippen molar-refractivity contribution in [2.45, 2.75) is 46.0 Å². The number of anilines is 1. The topological polar surface area (TPSA) is 128 Å². The molecule has 0 aliphatic carbocycles. The van der Waals surface area contributed by atoms with E-state index in [1.165, 1.54) is 59.8 Å². The molecule has 2 aromatic carbocycles. The van der Waals surface area contributed by atoms with E-state index in [4.69, 9.17) is 25.7 Å². The Hall–Kier alpha value is -5.43. The lowest BCUT2D eigenvalue weighted by Gasteiger charge is -2.28. The number of carbonyl (C=O) groups is 2. The van der Waals surface area contributed by atoms with Crippen LogP contribution in [0, 0.1) is 23.6 Å². The zero-order valence-corrected chi connectivity index (χ0v) is 27.1. The Morgan fingerprint density at radius 2 is 1.92 bits per heavy atom. The van der Waals surface area contributed by atoms with Gasteiger partial charge in [-0.25, -0.2) is 19.2 Å². The molecule has 16 heteroatoms. The average Bonchev–Trinajstić information content (AvgIpc) is 3.55. The maximum Gasteiger partial charge on any atom is 0.417 e. The van der Waals surface area contributed by atoms with E-state index < -0.39 is 29.6 Å². The van der Waals surface area contributed by atoms with Gasteiger partial charge < -0.3 is 23.9 Å². The molecule has 2 aliphatic rings. The van der Waals surface area contributed by atoms with Gasteiger partial charge in [-0.2, -0.15) is 17.5 Å². The average molecular weight is 700 g/mol. The van der Waals surface area contributed by atoms with Crippen LogP contribution in [0.4, 0.5) is 28.9 Å². The molecule has 2 aliphatic heterocycles. The third-order valence-corrected chi connectivity index (χ3v) is 7.98. The number of benzene rings is 2. The van der Waals surface area contributed by atoms with Crippen molar-refractivity contribution in [2.75, 3.05) is 18.1 Å². The number of halogens is 4. The fraction of sp³-hybridized carbons (Fsp3) is 0.303. The normalized spacial score (nSPS) is 15.6. The van der Waals surface area contributed by atoms with E-state index >= 15 is 0 Å². The summed E-state index contributed by atoms with van der Waals surface area (Å²) in [6.45, 7) is 6.44. The van der Waals surface area contributed by atoms with Crippen LogP contribution in [0.3, 0.4) is 0 Å². The van der Waals surface area contributed by atoms with Gasteiger partial charge in [-0.05, 0) is 48.7 Å². The second-order valence-electron chi connectivity index (χ2n) is 11.7. The first-order valence-corrected chi connectivity index (χ1v) is 15.4. The molecule has 0 fully saturated rings. The van der Waals surface area contributed by atoms with Crippen LogP contribution in [-0.4, -0.2) is 50.2 Å². The lowest BCUT2D eigenvalue weighted by molar-refractivity contribution is -0.144. The largest absolute Gasteiger partial charge is 0.481 e. The zero-order chi connectivity index (χ0) is 35.5. The van der Waals surface area contributed by atoms with Gasteiger partial charge in [0.15, 0.2) is 18.5 Å². The van der Waals surface area contributed by atoms with E-state index in [0.29, 0.717) is 33.9 Å². The number of carbonyl (C=O) groups excluding carboxylic acids is 1. The number of pyridine rings is 1. The van der Waals surface area contributed by atoms with Crippen LogP contribution >= 0.6 is 11.5 Å². The van der Waals surface area contributed by atoms with Crippen LogP contribution < -0.4 is 23.9 Å². The molecular weight excluding hydrogens is 670 g/mol. The number of hydrogen-bond donors (Lipinski definition) is 1. The number of terminal acetylenes is 1. The summed E-state index contributed by atoms with van der Waals surface area (Å²) in [7, 11) is 0. The summed E-state index contributed by atoms with van der Waals surface area (Å²) in [4.78, 5) is 32.8. The first-order chi connectivity index (χ1) is 23.1. The van der Waals surface area contributed by atoms with Crippen LogP contribution in [0.25, 0.3) is 0 Å². The van der Waals surface area contributed by atoms with Gasteiger partial charge in [-0.3, -0.25) is 9.69 Å². The standard InChI is InChI=1S/C18H17FN4O2S.C15H12F3NO4/c1-4-5-22-13-7-12(11(19)6-14(13)25-9-16(22)24)20-17-23-10-18(2,3)8-15(23)21-26-17;1-9(14(20)21)22-11-3-5-12(6-4-11)23-13-7-2-10(8-19-13)15(16,17)18/h1,6-7H,5,8-10H2,2-3H3;2-9H,1H3,(H,20,21)/b20-17-;. The maximum absolute atomic E-state index is 14.5. The lowest BCUT2D eigenvalue weighted by Crippen LogP contribution is -2.39. The molecule has 0 spiro atoms. The van der Waals surface area contributed by atoms with Crippen LogP contribution in [0.1, 0.15) is 32.2 Å². The predicted octanol–water partition coefficient (Wildman–Crippen LogP) is 6.00. The Labute approximate surface area is 281 Å². The number of aliphatic carboxylic acids is 1. The molecule has 256 valence electrons. The van der Waals surface area contributed by atoms with Gasteiger partial charge in [0.05, 0.1) is 17.8 Å². The van der Waals surface area contributed by atoms with Crippen LogP contribution in [-0.2, 0) is 28.7 Å². The molecule has 0 saturated carbocycles. The lowest BCUT2D eigenvalue weighted by atomic mass is 9.92. The Morgan fingerprint density at radius 1 is 1.20 bits per heavy atom. The van der Waals surface area contributed by atoms with E-state index in [1.54, 1.807) is 0 Å². The van der Waals surface area contributed by atoms with Gasteiger partial charge >= 0.3 is 12.1 Å². The van der Waals surface area contributed by atoms with Gasteiger partial charge in [0.2, 0.25) is 10.7 Å².